The van der Waals surface area contributed by atoms with Crippen molar-refractivity contribution in [2.24, 2.45) is 11.7 Å². The van der Waals surface area contributed by atoms with Crippen molar-refractivity contribution in [1.29, 1.82) is 0 Å². The number of amides is 1. The lowest BCUT2D eigenvalue weighted by molar-refractivity contribution is -0.128. The van der Waals surface area contributed by atoms with Crippen molar-refractivity contribution in [3.63, 3.8) is 0 Å². The molecule has 0 spiro atoms. The van der Waals surface area contributed by atoms with Gasteiger partial charge in [-0.15, -0.1) is 12.4 Å². The maximum atomic E-state index is 12.4. The van der Waals surface area contributed by atoms with E-state index in [1.165, 1.54) is 0 Å². The zero-order chi connectivity index (χ0) is 16.2. The predicted octanol–water partition coefficient (Wildman–Crippen LogP) is 2.65. The summed E-state index contributed by atoms with van der Waals surface area (Å²) in [5.41, 5.74) is 6.85. The summed E-state index contributed by atoms with van der Waals surface area (Å²) in [5, 5.41) is 3.00. The third-order valence-corrected chi connectivity index (χ3v) is 4.49. The first-order chi connectivity index (χ1) is 10.5. The molecule has 0 bridgehead atoms. The Labute approximate surface area is 144 Å². The Hall–Kier alpha value is -1.46. The van der Waals surface area contributed by atoms with Crippen LogP contribution in [0.1, 0.15) is 38.2 Å². The van der Waals surface area contributed by atoms with Crippen molar-refractivity contribution in [3.8, 4) is 11.5 Å². The fourth-order valence-electron chi connectivity index (χ4n) is 3.09. The molecule has 3 N–H and O–H groups in total. The number of benzene rings is 1. The zero-order valence-corrected chi connectivity index (χ0v) is 14.9. The third kappa shape index (κ3) is 4.75. The number of nitrogens with one attached hydrogen (secondary N) is 1. The van der Waals surface area contributed by atoms with Gasteiger partial charge in [0.25, 0.3) is 0 Å². The average Bonchev–Trinajstić information content (AvgIpc) is 2.51. The Balaban J connectivity index is 0.00000264. The van der Waals surface area contributed by atoms with Crippen molar-refractivity contribution in [1.82, 2.24) is 5.32 Å². The summed E-state index contributed by atoms with van der Waals surface area (Å²) in [6, 6.07) is 5.64. The van der Waals surface area contributed by atoms with Crippen LogP contribution in [0.3, 0.4) is 0 Å². The smallest absolute Gasteiger partial charge is 0.225 e. The molecule has 5 nitrogen and oxygen atoms in total. The van der Waals surface area contributed by atoms with E-state index < -0.39 is 5.54 Å². The lowest BCUT2D eigenvalue weighted by Gasteiger charge is -2.37. The molecule has 1 aromatic carbocycles. The second kappa shape index (κ2) is 8.41. The van der Waals surface area contributed by atoms with Gasteiger partial charge in [-0.1, -0.05) is 18.9 Å². The Bertz CT molecular complexity index is 535. The highest BCUT2D eigenvalue weighted by Crippen LogP contribution is 2.32. The first-order valence-corrected chi connectivity index (χ1v) is 7.75. The normalized spacial score (nSPS) is 23.6. The summed E-state index contributed by atoms with van der Waals surface area (Å²) in [6.07, 6.45) is 3.94. The number of hydrogen-bond donors (Lipinski definition) is 2. The van der Waals surface area contributed by atoms with E-state index in [-0.39, 0.29) is 24.2 Å². The molecular formula is C17H27ClN2O3. The molecule has 1 amide bonds. The van der Waals surface area contributed by atoms with Crippen molar-refractivity contribution in [2.45, 2.75) is 44.7 Å². The molecule has 2 atom stereocenters. The van der Waals surface area contributed by atoms with Crippen molar-refractivity contribution in [3.05, 3.63) is 23.8 Å². The van der Waals surface area contributed by atoms with E-state index in [2.05, 4.69) is 5.32 Å². The molecule has 1 fully saturated rings. The highest BCUT2D eigenvalue weighted by atomic mass is 35.5. The van der Waals surface area contributed by atoms with E-state index in [0.29, 0.717) is 18.0 Å². The summed E-state index contributed by atoms with van der Waals surface area (Å²) >= 11 is 0. The van der Waals surface area contributed by atoms with Gasteiger partial charge in [0.05, 0.1) is 20.1 Å². The maximum Gasteiger partial charge on any atom is 0.225 e. The van der Waals surface area contributed by atoms with Crippen molar-refractivity contribution in [2.75, 3.05) is 14.2 Å². The monoisotopic (exact) mass is 342 g/mol. The Morgan fingerprint density at radius 1 is 1.30 bits per heavy atom. The average molecular weight is 343 g/mol. The van der Waals surface area contributed by atoms with Gasteiger partial charge in [-0.25, -0.2) is 0 Å². The Morgan fingerprint density at radius 2 is 2.00 bits per heavy atom. The molecule has 0 saturated heterocycles. The zero-order valence-electron chi connectivity index (χ0n) is 14.1. The summed E-state index contributed by atoms with van der Waals surface area (Å²) in [6.45, 7) is 2.44. The molecular weight excluding hydrogens is 316 g/mol. The molecule has 1 aliphatic carbocycles. The Morgan fingerprint density at radius 3 is 2.61 bits per heavy atom. The van der Waals surface area contributed by atoms with Crippen LogP contribution in [0.4, 0.5) is 0 Å². The van der Waals surface area contributed by atoms with Gasteiger partial charge in [-0.2, -0.15) is 0 Å². The first kappa shape index (κ1) is 19.6. The number of rotatable bonds is 5. The van der Waals surface area contributed by atoms with Gasteiger partial charge in [0.2, 0.25) is 5.91 Å². The van der Waals surface area contributed by atoms with Gasteiger partial charge >= 0.3 is 0 Å². The minimum Gasteiger partial charge on any atom is -0.493 e. The van der Waals surface area contributed by atoms with Crippen LogP contribution in [0.25, 0.3) is 0 Å². The molecule has 0 aromatic heterocycles. The minimum atomic E-state index is -0.403. The van der Waals surface area contributed by atoms with E-state index in [1.54, 1.807) is 14.2 Å². The van der Waals surface area contributed by atoms with Crippen LogP contribution in [0, 0.1) is 5.92 Å². The standard InChI is InChI=1S/C17H26N2O3.ClH/c1-17(18)9-5-4-6-13(17)16(20)19-11-12-7-8-14(21-2)15(10-12)22-3;/h7-8,10,13H,4-6,9,11,18H2,1-3H3,(H,19,20);1H. The lowest BCUT2D eigenvalue weighted by Crippen LogP contribution is -2.52. The number of halogens is 1. The van der Waals surface area contributed by atoms with E-state index in [0.717, 1.165) is 31.2 Å². The van der Waals surface area contributed by atoms with Crippen LogP contribution in [0.5, 0.6) is 11.5 Å². The molecule has 0 heterocycles. The lowest BCUT2D eigenvalue weighted by atomic mass is 9.74. The highest BCUT2D eigenvalue weighted by Gasteiger charge is 2.37. The maximum absolute atomic E-state index is 12.4. The number of methoxy groups -OCH3 is 2. The van der Waals surface area contributed by atoms with Crippen molar-refractivity contribution >= 4 is 18.3 Å². The molecule has 2 unspecified atom stereocenters. The molecule has 2 rings (SSSR count). The van der Waals surface area contributed by atoms with Gasteiger partial charge in [0.1, 0.15) is 0 Å². The number of carbonyl (C=O) groups is 1. The second-order valence-corrected chi connectivity index (χ2v) is 6.21. The minimum absolute atomic E-state index is 0. The molecule has 0 aliphatic heterocycles. The molecule has 23 heavy (non-hydrogen) atoms. The fraction of sp³-hybridized carbons (Fsp3) is 0.588. The third-order valence-electron chi connectivity index (χ3n) is 4.49. The van der Waals surface area contributed by atoms with E-state index in [9.17, 15) is 4.79 Å². The Kier molecular flexibility index (Phi) is 7.16. The SMILES string of the molecule is COc1ccc(CNC(=O)C2CCCCC2(C)N)cc1OC.Cl. The van der Waals surface area contributed by atoms with Gasteiger partial charge in [0, 0.05) is 12.1 Å². The first-order valence-electron chi connectivity index (χ1n) is 7.75. The number of nitrogens with two attached hydrogens (primary N) is 1. The summed E-state index contributed by atoms with van der Waals surface area (Å²) in [5.74, 6) is 1.27. The largest absolute Gasteiger partial charge is 0.493 e. The van der Waals surface area contributed by atoms with E-state index in [4.69, 9.17) is 15.2 Å². The number of carbonyl (C=O) groups excluding carboxylic acids is 1. The molecule has 6 heteroatoms. The van der Waals surface area contributed by atoms with E-state index in [1.807, 2.05) is 25.1 Å². The van der Waals surface area contributed by atoms with Crippen LogP contribution >= 0.6 is 12.4 Å². The van der Waals surface area contributed by atoms with Crippen LogP contribution in [0.15, 0.2) is 18.2 Å². The second-order valence-electron chi connectivity index (χ2n) is 6.21. The highest BCUT2D eigenvalue weighted by molar-refractivity contribution is 5.85. The molecule has 1 aromatic rings. The van der Waals surface area contributed by atoms with Crippen LogP contribution < -0.4 is 20.5 Å². The molecule has 1 aliphatic rings. The fourth-order valence-corrected chi connectivity index (χ4v) is 3.09. The van der Waals surface area contributed by atoms with Crippen LogP contribution in [0.2, 0.25) is 0 Å². The van der Waals surface area contributed by atoms with Crippen molar-refractivity contribution < 1.29 is 14.3 Å². The van der Waals surface area contributed by atoms with Gasteiger partial charge in [-0.3, -0.25) is 4.79 Å². The van der Waals surface area contributed by atoms with Gasteiger partial charge in [0.15, 0.2) is 11.5 Å². The van der Waals surface area contributed by atoms with Gasteiger partial charge < -0.3 is 20.5 Å². The number of ether oxygens (including phenoxy) is 2. The summed E-state index contributed by atoms with van der Waals surface area (Å²) < 4.78 is 10.5. The molecule has 130 valence electrons. The quantitative estimate of drug-likeness (QED) is 0.862. The predicted molar refractivity (Wildman–Crippen MR) is 93.2 cm³/mol. The summed E-state index contributed by atoms with van der Waals surface area (Å²) in [4.78, 5) is 12.4. The summed E-state index contributed by atoms with van der Waals surface area (Å²) in [7, 11) is 3.20. The van der Waals surface area contributed by atoms with E-state index >= 15 is 0 Å². The molecule has 0 radical (unpaired) electrons. The topological polar surface area (TPSA) is 73.6 Å². The van der Waals surface area contributed by atoms with Gasteiger partial charge in [-0.05, 0) is 37.5 Å². The van der Waals surface area contributed by atoms with Crippen LogP contribution in [-0.4, -0.2) is 25.7 Å². The number of hydrogen-bond acceptors (Lipinski definition) is 4. The van der Waals surface area contributed by atoms with Crippen LogP contribution in [-0.2, 0) is 11.3 Å². The molecule has 1 saturated carbocycles.